The summed E-state index contributed by atoms with van der Waals surface area (Å²) in [7, 11) is 0. The Kier molecular flexibility index (Phi) is 7.94. The van der Waals surface area contributed by atoms with Gasteiger partial charge < -0.3 is 9.13 Å². The molecule has 0 aliphatic rings. The van der Waals surface area contributed by atoms with Crippen LogP contribution in [0, 0.1) is 23.0 Å². The fourth-order valence-corrected chi connectivity index (χ4v) is 7.87. The first kappa shape index (κ1) is 35.3. The molecular formula is C49H45F2N3. The number of fused-ring (bicyclic) bond motifs is 6. The maximum atomic E-state index is 15.0. The van der Waals surface area contributed by atoms with Gasteiger partial charge in [-0.25, -0.2) is 8.78 Å². The molecule has 0 aliphatic carbocycles. The third-order valence-corrected chi connectivity index (χ3v) is 10.9. The number of nitriles is 1. The van der Waals surface area contributed by atoms with Gasteiger partial charge in [-0.15, -0.1) is 0 Å². The Balaban J connectivity index is 1.59. The van der Waals surface area contributed by atoms with E-state index in [0.717, 1.165) is 66.4 Å². The Morgan fingerprint density at radius 1 is 0.444 bits per heavy atom. The summed E-state index contributed by atoms with van der Waals surface area (Å²) in [6.45, 7) is 19.8. The van der Waals surface area contributed by atoms with E-state index in [1.54, 1.807) is 0 Å². The monoisotopic (exact) mass is 713 g/mol. The van der Waals surface area contributed by atoms with Gasteiger partial charge in [0.1, 0.15) is 23.3 Å². The van der Waals surface area contributed by atoms with Crippen molar-refractivity contribution >= 4 is 43.6 Å². The lowest BCUT2D eigenvalue weighted by atomic mass is 9.86. The van der Waals surface area contributed by atoms with E-state index in [0.29, 0.717) is 28.1 Å². The Labute approximate surface area is 316 Å². The largest absolute Gasteiger partial charge is 0.308 e. The Morgan fingerprint density at radius 3 is 1.22 bits per heavy atom. The number of nitrogens with zero attached hydrogens (tertiary/aromatic N) is 3. The molecule has 0 bridgehead atoms. The van der Waals surface area contributed by atoms with Crippen LogP contribution in [0.25, 0.3) is 66.1 Å². The highest BCUT2D eigenvalue weighted by Gasteiger charge is 2.26. The van der Waals surface area contributed by atoms with Crippen molar-refractivity contribution in [3.63, 3.8) is 0 Å². The van der Waals surface area contributed by atoms with Crippen molar-refractivity contribution in [2.75, 3.05) is 0 Å². The summed E-state index contributed by atoms with van der Waals surface area (Å²) in [6.07, 6.45) is 0. The van der Waals surface area contributed by atoms with Crippen LogP contribution in [-0.2, 0) is 16.2 Å². The molecule has 0 fully saturated rings. The Morgan fingerprint density at radius 2 is 0.815 bits per heavy atom. The first-order chi connectivity index (χ1) is 25.4. The quantitative estimate of drug-likeness (QED) is 0.179. The second kappa shape index (κ2) is 12.1. The van der Waals surface area contributed by atoms with Crippen LogP contribution in [-0.4, -0.2) is 9.13 Å². The molecule has 54 heavy (non-hydrogen) atoms. The lowest BCUT2D eigenvalue weighted by Crippen LogP contribution is -2.12. The molecule has 5 heteroatoms. The van der Waals surface area contributed by atoms with Crippen molar-refractivity contribution in [2.45, 2.75) is 78.6 Å². The van der Waals surface area contributed by atoms with Crippen molar-refractivity contribution in [2.24, 2.45) is 0 Å². The topological polar surface area (TPSA) is 33.6 Å². The lowest BCUT2D eigenvalue weighted by Gasteiger charge is -2.22. The molecule has 0 amide bonds. The number of para-hydroxylation sites is 1. The molecule has 0 spiro atoms. The van der Waals surface area contributed by atoms with Crippen LogP contribution in [0.2, 0.25) is 0 Å². The SMILES string of the molecule is CC(C)(C)c1ccc2c3ccccc3n(-c3cc(-c4cc(F)cc(F)c4)cc(-n4c5cc(C(C)(C)C)ccc5c5ccc(C(C)(C)C)cc54)c3C#N)c2c1. The van der Waals surface area contributed by atoms with Gasteiger partial charge in [0.15, 0.2) is 0 Å². The zero-order chi connectivity index (χ0) is 38.5. The number of aromatic nitrogens is 2. The van der Waals surface area contributed by atoms with Gasteiger partial charge in [-0.1, -0.05) is 117 Å². The number of benzene rings is 6. The molecule has 0 radical (unpaired) electrons. The second-order valence-electron chi connectivity index (χ2n) is 17.8. The van der Waals surface area contributed by atoms with Crippen molar-refractivity contribution in [1.82, 2.24) is 9.13 Å². The predicted molar refractivity (Wildman–Crippen MR) is 221 cm³/mol. The molecule has 3 nitrogen and oxygen atoms in total. The molecule has 6 aromatic carbocycles. The van der Waals surface area contributed by atoms with Crippen LogP contribution in [0.3, 0.4) is 0 Å². The predicted octanol–water partition coefficient (Wildman–Crippen LogP) is 13.6. The molecule has 2 heterocycles. The van der Waals surface area contributed by atoms with Crippen LogP contribution in [0.1, 0.15) is 84.6 Å². The third kappa shape index (κ3) is 5.76. The lowest BCUT2D eigenvalue weighted by molar-refractivity contribution is 0.584. The second-order valence-corrected chi connectivity index (χ2v) is 17.8. The zero-order valence-corrected chi connectivity index (χ0v) is 32.5. The van der Waals surface area contributed by atoms with Crippen LogP contribution < -0.4 is 0 Å². The number of hydrogen-bond acceptors (Lipinski definition) is 1. The van der Waals surface area contributed by atoms with E-state index in [9.17, 15) is 5.26 Å². The fraction of sp³-hybridized carbons (Fsp3) is 0.245. The van der Waals surface area contributed by atoms with Crippen LogP contribution in [0.15, 0.2) is 109 Å². The maximum Gasteiger partial charge on any atom is 0.126 e. The summed E-state index contributed by atoms with van der Waals surface area (Å²) in [6, 6.07) is 38.1. The zero-order valence-electron chi connectivity index (χ0n) is 32.5. The Hall–Kier alpha value is -5.73. The third-order valence-electron chi connectivity index (χ3n) is 10.9. The van der Waals surface area contributed by atoms with Crippen molar-refractivity contribution in [1.29, 1.82) is 5.26 Å². The van der Waals surface area contributed by atoms with Crippen LogP contribution in [0.4, 0.5) is 8.78 Å². The van der Waals surface area contributed by atoms with E-state index in [1.165, 1.54) is 12.1 Å². The number of hydrogen-bond donors (Lipinski definition) is 0. The van der Waals surface area contributed by atoms with E-state index in [1.807, 2.05) is 24.3 Å². The summed E-state index contributed by atoms with van der Waals surface area (Å²) in [5.41, 5.74) is 9.65. The highest BCUT2D eigenvalue weighted by atomic mass is 19.1. The average Bonchev–Trinajstić information content (AvgIpc) is 3.61. The van der Waals surface area contributed by atoms with E-state index >= 15 is 8.78 Å². The first-order valence-corrected chi connectivity index (χ1v) is 18.6. The van der Waals surface area contributed by atoms with Crippen LogP contribution in [0.5, 0.6) is 0 Å². The fourth-order valence-electron chi connectivity index (χ4n) is 7.87. The van der Waals surface area contributed by atoms with Gasteiger partial charge in [0.05, 0.1) is 33.4 Å². The summed E-state index contributed by atoms with van der Waals surface area (Å²) in [5.74, 6) is -1.32. The van der Waals surface area contributed by atoms with E-state index < -0.39 is 11.6 Å². The van der Waals surface area contributed by atoms with Gasteiger partial charge in [0, 0.05) is 27.6 Å². The molecule has 2 aromatic heterocycles. The van der Waals surface area contributed by atoms with E-state index in [4.69, 9.17) is 0 Å². The smallest absolute Gasteiger partial charge is 0.126 e. The average molecular weight is 714 g/mol. The molecular weight excluding hydrogens is 669 g/mol. The van der Waals surface area contributed by atoms with Gasteiger partial charge in [0.25, 0.3) is 0 Å². The van der Waals surface area contributed by atoms with Gasteiger partial charge in [-0.2, -0.15) is 5.26 Å². The highest BCUT2D eigenvalue weighted by molar-refractivity contribution is 6.11. The summed E-state index contributed by atoms with van der Waals surface area (Å²) >= 11 is 0. The van der Waals surface area contributed by atoms with Gasteiger partial charge >= 0.3 is 0 Å². The van der Waals surface area contributed by atoms with E-state index in [-0.39, 0.29) is 16.2 Å². The Bertz CT molecular complexity index is 2770. The minimum Gasteiger partial charge on any atom is -0.308 e. The molecule has 0 aliphatic heterocycles. The highest BCUT2D eigenvalue weighted by Crippen LogP contribution is 2.43. The minimum absolute atomic E-state index is 0.127. The standard InChI is InChI=1S/C49H45F2N3/c1-47(2,3)31-14-17-37-36-12-10-11-13-41(36)53(44(37)24-31)42-22-30(29-20-34(50)27-35(51)21-29)23-43(40(42)28-52)54-45-25-32(48(4,5)6)15-18-38(45)39-19-16-33(26-46(39)54)49(7,8)9/h10-27H,1-9H3. The number of rotatable bonds is 3. The summed E-state index contributed by atoms with van der Waals surface area (Å²) < 4.78 is 34.4. The maximum absolute atomic E-state index is 15.0. The van der Waals surface area contributed by atoms with Gasteiger partial charge in [-0.3, -0.25) is 0 Å². The molecule has 0 saturated carbocycles. The molecule has 0 unspecified atom stereocenters. The van der Waals surface area contributed by atoms with Gasteiger partial charge in [0.2, 0.25) is 0 Å². The minimum atomic E-state index is -0.661. The summed E-state index contributed by atoms with van der Waals surface area (Å²) in [4.78, 5) is 0. The molecule has 0 saturated heterocycles. The molecule has 0 N–H and O–H groups in total. The first-order valence-electron chi connectivity index (χ1n) is 18.6. The van der Waals surface area contributed by atoms with Crippen molar-refractivity contribution in [3.8, 4) is 28.6 Å². The van der Waals surface area contributed by atoms with Crippen molar-refractivity contribution in [3.05, 3.63) is 143 Å². The summed E-state index contributed by atoms with van der Waals surface area (Å²) in [5, 5.41) is 15.6. The van der Waals surface area contributed by atoms with Crippen LogP contribution >= 0.6 is 0 Å². The molecule has 8 rings (SSSR count). The van der Waals surface area contributed by atoms with E-state index in [2.05, 4.69) is 144 Å². The normalized spacial score (nSPS) is 12.7. The molecule has 270 valence electrons. The molecule has 0 atom stereocenters. The number of halogens is 2. The van der Waals surface area contributed by atoms with Crippen molar-refractivity contribution < 1.29 is 8.78 Å². The van der Waals surface area contributed by atoms with Gasteiger partial charge in [-0.05, 0) is 92.6 Å². The molecule has 8 aromatic rings.